The molecule has 15 heteroatoms. The summed E-state index contributed by atoms with van der Waals surface area (Å²) in [6, 6.07) is 0. The molecule has 1 aliphatic rings. The number of ether oxygens (including phenoxy) is 1. The van der Waals surface area contributed by atoms with Crippen LogP contribution in [-0.4, -0.2) is 39.4 Å². The van der Waals surface area contributed by atoms with Gasteiger partial charge in [-0.3, -0.25) is 0 Å². The second kappa shape index (κ2) is 4.57. The van der Waals surface area contributed by atoms with E-state index in [0.29, 0.717) is 0 Å². The summed E-state index contributed by atoms with van der Waals surface area (Å²) in [7, 11) is 0. The monoisotopic (exact) mass is 414 g/mol. The molecule has 132 valence electrons. The van der Waals surface area contributed by atoms with Crippen LogP contribution in [0.5, 0.6) is 0 Å². The summed E-state index contributed by atoms with van der Waals surface area (Å²) >= 11 is 13.2. The van der Waals surface area contributed by atoms with Crippen molar-refractivity contribution in [1.29, 1.82) is 0 Å². The van der Waals surface area contributed by atoms with E-state index in [1.807, 2.05) is 0 Å². The highest BCUT2D eigenvalue weighted by Gasteiger charge is 2.96. The zero-order valence-electron chi connectivity index (χ0n) is 9.20. The van der Waals surface area contributed by atoms with E-state index < -0.39 is 39.4 Å². The van der Waals surface area contributed by atoms with E-state index in [0.717, 1.165) is 0 Å². The van der Waals surface area contributed by atoms with Crippen LogP contribution in [0.4, 0.5) is 48.3 Å². The molecular formula is C7Cl3F11O. The predicted octanol–water partition coefficient (Wildman–Crippen LogP) is 5.19. The van der Waals surface area contributed by atoms with Crippen LogP contribution in [0.3, 0.4) is 0 Å². The van der Waals surface area contributed by atoms with Gasteiger partial charge >= 0.3 is 29.9 Å². The molecule has 1 aliphatic heterocycles. The Morgan fingerprint density at radius 2 is 1.05 bits per heavy atom. The molecule has 1 fully saturated rings. The zero-order valence-corrected chi connectivity index (χ0v) is 11.5. The fourth-order valence-electron chi connectivity index (χ4n) is 1.33. The van der Waals surface area contributed by atoms with Crippen molar-refractivity contribution >= 4 is 34.8 Å². The third-order valence-electron chi connectivity index (χ3n) is 2.59. The molecular weight excluding hydrogens is 415 g/mol. The molecule has 0 aromatic heterocycles. The largest absolute Gasteiger partial charge is 0.460 e. The molecule has 0 aromatic rings. The third-order valence-corrected chi connectivity index (χ3v) is 3.77. The lowest BCUT2D eigenvalue weighted by atomic mass is 9.97. The maximum Gasteiger partial charge on any atom is 0.460 e. The Morgan fingerprint density at radius 1 is 0.682 bits per heavy atom. The first-order chi connectivity index (χ1) is 9.21. The Labute approximate surface area is 128 Å². The standard InChI is InChI=1S/C7Cl3F11O/c8-1(3(13,14)5(17,18)7(19,20)21)2(11,12)4(15,16)6(9,10)22-1/t1-/m1/s1. The van der Waals surface area contributed by atoms with E-state index in [2.05, 4.69) is 39.5 Å². The van der Waals surface area contributed by atoms with Crippen molar-refractivity contribution in [2.45, 2.75) is 39.4 Å². The summed E-state index contributed by atoms with van der Waals surface area (Å²) in [4.78, 5) is 0. The number of hydrogen-bond acceptors (Lipinski definition) is 1. The SMILES string of the molecule is FC(F)(F)C(F)(F)C(F)(F)[C@]1(Cl)OC(Cl)(Cl)C(F)(F)C1(F)F. The van der Waals surface area contributed by atoms with Gasteiger partial charge in [0.2, 0.25) is 0 Å². The van der Waals surface area contributed by atoms with Crippen LogP contribution in [-0.2, 0) is 4.74 Å². The molecule has 0 saturated carbocycles. The van der Waals surface area contributed by atoms with Gasteiger partial charge in [-0.1, -0.05) is 34.8 Å². The van der Waals surface area contributed by atoms with Crippen LogP contribution in [0.15, 0.2) is 0 Å². The number of alkyl halides is 14. The molecule has 0 bridgehead atoms. The highest BCUT2D eigenvalue weighted by atomic mass is 35.5. The quantitative estimate of drug-likeness (QED) is 0.446. The van der Waals surface area contributed by atoms with E-state index in [4.69, 9.17) is 0 Å². The van der Waals surface area contributed by atoms with Gasteiger partial charge in [-0.2, -0.15) is 48.3 Å². The Morgan fingerprint density at radius 3 is 1.27 bits per heavy atom. The minimum absolute atomic E-state index is 2.98. The number of hydrogen-bond donors (Lipinski definition) is 0. The average Bonchev–Trinajstić information content (AvgIpc) is 2.33. The summed E-state index contributed by atoms with van der Waals surface area (Å²) < 4.78 is 139. The van der Waals surface area contributed by atoms with E-state index >= 15 is 0 Å². The zero-order chi connectivity index (χ0) is 18.2. The lowest BCUT2D eigenvalue weighted by molar-refractivity contribution is -0.393. The van der Waals surface area contributed by atoms with Crippen molar-refractivity contribution in [3.8, 4) is 0 Å². The van der Waals surface area contributed by atoms with Gasteiger partial charge in [0, 0.05) is 0 Å². The lowest BCUT2D eigenvalue weighted by Crippen LogP contribution is -2.68. The fourth-order valence-corrected chi connectivity index (χ4v) is 2.23. The van der Waals surface area contributed by atoms with Crippen molar-refractivity contribution < 1.29 is 53.0 Å². The molecule has 0 unspecified atom stereocenters. The Hall–Kier alpha value is 0.0600. The summed E-state index contributed by atoms with van der Waals surface area (Å²) in [6.45, 7) is 0. The minimum atomic E-state index is -7.27. The van der Waals surface area contributed by atoms with Gasteiger partial charge in [0.1, 0.15) is 0 Å². The summed E-state index contributed by atoms with van der Waals surface area (Å²) in [5.74, 6) is -26.9. The van der Waals surface area contributed by atoms with Gasteiger partial charge < -0.3 is 4.74 Å². The van der Waals surface area contributed by atoms with Crippen LogP contribution in [0.1, 0.15) is 0 Å². The lowest BCUT2D eigenvalue weighted by Gasteiger charge is -2.39. The molecule has 1 saturated heterocycles. The van der Waals surface area contributed by atoms with E-state index in [1.54, 1.807) is 0 Å². The smallest absolute Gasteiger partial charge is 0.307 e. The van der Waals surface area contributed by atoms with Crippen LogP contribution in [0.25, 0.3) is 0 Å². The van der Waals surface area contributed by atoms with Crippen LogP contribution in [0, 0.1) is 0 Å². The Balaban J connectivity index is 3.61. The normalized spacial score (nSPS) is 31.4. The number of halogens is 14. The van der Waals surface area contributed by atoms with Crippen molar-refractivity contribution in [2.24, 2.45) is 0 Å². The summed E-state index contributed by atoms with van der Waals surface area (Å²) in [5, 5.41) is -5.88. The average molecular weight is 415 g/mol. The van der Waals surface area contributed by atoms with Gasteiger partial charge in [0.05, 0.1) is 0 Å². The molecule has 0 aliphatic carbocycles. The second-order valence-electron chi connectivity index (χ2n) is 4.01. The topological polar surface area (TPSA) is 9.23 Å². The van der Waals surface area contributed by atoms with Crippen molar-refractivity contribution in [1.82, 2.24) is 0 Å². The van der Waals surface area contributed by atoms with Crippen molar-refractivity contribution in [3.63, 3.8) is 0 Å². The number of rotatable bonds is 2. The van der Waals surface area contributed by atoms with E-state index in [9.17, 15) is 48.3 Å². The molecule has 1 heterocycles. The maximum absolute atomic E-state index is 13.3. The van der Waals surface area contributed by atoms with Gasteiger partial charge in [0.15, 0.2) is 0 Å². The third kappa shape index (κ3) is 2.02. The van der Waals surface area contributed by atoms with Gasteiger partial charge in [-0.05, 0) is 0 Å². The molecule has 0 N–H and O–H groups in total. The first kappa shape index (κ1) is 20.1. The maximum atomic E-state index is 13.3. The first-order valence-corrected chi connectivity index (χ1v) is 5.69. The highest BCUT2D eigenvalue weighted by molar-refractivity contribution is 6.48. The Kier molecular flexibility index (Phi) is 4.18. The van der Waals surface area contributed by atoms with Gasteiger partial charge in [-0.25, -0.2) is 0 Å². The minimum Gasteiger partial charge on any atom is -0.307 e. The fraction of sp³-hybridized carbons (Fsp3) is 1.00. The summed E-state index contributed by atoms with van der Waals surface area (Å²) in [6.07, 6.45) is -7.13. The van der Waals surface area contributed by atoms with Crippen molar-refractivity contribution in [3.05, 3.63) is 0 Å². The highest BCUT2D eigenvalue weighted by Crippen LogP contribution is 2.70. The predicted molar refractivity (Wildman–Crippen MR) is 49.9 cm³/mol. The van der Waals surface area contributed by atoms with Crippen LogP contribution >= 0.6 is 34.8 Å². The molecule has 0 aromatic carbocycles. The molecule has 1 nitrogen and oxygen atoms in total. The Bertz CT molecular complexity index is 473. The van der Waals surface area contributed by atoms with Crippen molar-refractivity contribution in [2.75, 3.05) is 0 Å². The molecule has 0 spiro atoms. The van der Waals surface area contributed by atoms with E-state index in [1.165, 1.54) is 0 Å². The molecule has 0 amide bonds. The molecule has 0 radical (unpaired) electrons. The van der Waals surface area contributed by atoms with Gasteiger partial charge in [0.25, 0.3) is 9.58 Å². The van der Waals surface area contributed by atoms with Crippen LogP contribution < -0.4 is 0 Å². The van der Waals surface area contributed by atoms with Gasteiger partial charge in [-0.15, -0.1) is 0 Å². The molecule has 22 heavy (non-hydrogen) atoms. The molecule has 1 atom stereocenters. The first-order valence-electron chi connectivity index (χ1n) is 4.55. The second-order valence-corrected chi connectivity index (χ2v) is 5.80. The van der Waals surface area contributed by atoms with E-state index in [-0.39, 0.29) is 0 Å². The van der Waals surface area contributed by atoms with Crippen LogP contribution in [0.2, 0.25) is 0 Å². The molecule has 1 rings (SSSR count). The summed E-state index contributed by atoms with van der Waals surface area (Å²) in [5.41, 5.74) is 0.